The first kappa shape index (κ1) is 17.1. The third-order valence-electron chi connectivity index (χ3n) is 2.81. The molecule has 1 N–H and O–H groups in total. The standard InChI is InChI=1S/C13H19F2N3O3/c1-16(2)6-7-18(9-12(19)20)13(21)10-4-3-5-17(10)8-11(14)15/h3-5,11H,6-9H2,1-2H3,(H,19,20). The van der Waals surface area contributed by atoms with Crippen molar-refractivity contribution < 1.29 is 23.5 Å². The third-order valence-corrected chi connectivity index (χ3v) is 2.81. The monoisotopic (exact) mass is 303 g/mol. The zero-order valence-corrected chi connectivity index (χ0v) is 12.0. The SMILES string of the molecule is CN(C)CCN(CC(=O)O)C(=O)c1cccn1CC(F)F. The number of aromatic nitrogens is 1. The minimum absolute atomic E-state index is 0.0651. The van der Waals surface area contributed by atoms with E-state index in [-0.39, 0.29) is 12.2 Å². The first-order chi connectivity index (χ1) is 9.81. The largest absolute Gasteiger partial charge is 0.480 e. The lowest BCUT2D eigenvalue weighted by atomic mass is 10.3. The fourth-order valence-corrected chi connectivity index (χ4v) is 1.81. The van der Waals surface area contributed by atoms with E-state index in [9.17, 15) is 18.4 Å². The van der Waals surface area contributed by atoms with Crippen LogP contribution in [0.5, 0.6) is 0 Å². The number of aliphatic carboxylic acids is 1. The fraction of sp³-hybridized carbons (Fsp3) is 0.538. The summed E-state index contributed by atoms with van der Waals surface area (Å²) in [5, 5.41) is 8.88. The number of hydrogen-bond donors (Lipinski definition) is 1. The molecule has 21 heavy (non-hydrogen) atoms. The Morgan fingerprint density at radius 3 is 2.52 bits per heavy atom. The molecule has 0 spiro atoms. The summed E-state index contributed by atoms with van der Waals surface area (Å²) in [7, 11) is 3.59. The number of carboxylic acids is 1. The van der Waals surface area contributed by atoms with E-state index >= 15 is 0 Å². The lowest BCUT2D eigenvalue weighted by Gasteiger charge is -2.23. The first-order valence-corrected chi connectivity index (χ1v) is 6.40. The van der Waals surface area contributed by atoms with Crippen molar-refractivity contribution in [2.24, 2.45) is 0 Å². The van der Waals surface area contributed by atoms with Crippen molar-refractivity contribution in [2.75, 3.05) is 33.7 Å². The summed E-state index contributed by atoms with van der Waals surface area (Å²) in [5.41, 5.74) is 0.0651. The Kier molecular flexibility index (Phi) is 6.29. The Hall–Kier alpha value is -1.96. The Morgan fingerprint density at radius 1 is 1.33 bits per heavy atom. The van der Waals surface area contributed by atoms with E-state index in [1.807, 2.05) is 0 Å². The van der Waals surface area contributed by atoms with Gasteiger partial charge in [0, 0.05) is 19.3 Å². The number of rotatable bonds is 8. The molecule has 0 atom stereocenters. The second-order valence-corrected chi connectivity index (χ2v) is 4.86. The Labute approximate surface area is 121 Å². The average molecular weight is 303 g/mol. The topological polar surface area (TPSA) is 65.8 Å². The van der Waals surface area contributed by atoms with Gasteiger partial charge in [0.2, 0.25) is 0 Å². The minimum atomic E-state index is -2.58. The van der Waals surface area contributed by atoms with Gasteiger partial charge in [0.25, 0.3) is 12.3 Å². The number of likely N-dealkylation sites (N-methyl/N-ethyl adjacent to an activating group) is 1. The molecule has 1 aromatic heterocycles. The number of carbonyl (C=O) groups excluding carboxylic acids is 1. The lowest BCUT2D eigenvalue weighted by molar-refractivity contribution is -0.137. The zero-order valence-electron chi connectivity index (χ0n) is 12.0. The molecule has 0 unspecified atom stereocenters. The molecule has 0 saturated heterocycles. The van der Waals surface area contributed by atoms with Crippen molar-refractivity contribution in [1.82, 2.24) is 14.4 Å². The number of hydrogen-bond acceptors (Lipinski definition) is 3. The van der Waals surface area contributed by atoms with Crippen LogP contribution in [0.3, 0.4) is 0 Å². The molecule has 1 aromatic rings. The van der Waals surface area contributed by atoms with E-state index in [0.717, 1.165) is 9.47 Å². The molecule has 0 fully saturated rings. The number of carboxylic acid groups (broad SMARTS) is 1. The normalized spacial score (nSPS) is 11.1. The van der Waals surface area contributed by atoms with Gasteiger partial charge in [0.05, 0.1) is 6.54 Å². The summed E-state index contributed by atoms with van der Waals surface area (Å²) < 4.78 is 26.1. The molecular formula is C13H19F2N3O3. The number of halogens is 2. The highest BCUT2D eigenvalue weighted by molar-refractivity contribution is 5.94. The van der Waals surface area contributed by atoms with Gasteiger partial charge in [-0.25, -0.2) is 8.78 Å². The summed E-state index contributed by atoms with van der Waals surface area (Å²) in [4.78, 5) is 26.1. The predicted octanol–water partition coefficient (Wildman–Crippen LogP) is 0.842. The summed E-state index contributed by atoms with van der Waals surface area (Å²) in [5.74, 6) is -1.71. The molecule has 0 aliphatic rings. The van der Waals surface area contributed by atoms with Crippen LogP contribution in [0, 0.1) is 0 Å². The molecule has 1 amide bonds. The molecule has 0 aliphatic carbocycles. The maximum absolute atomic E-state index is 12.5. The van der Waals surface area contributed by atoms with Crippen LogP contribution in [-0.4, -0.2) is 71.5 Å². The van der Waals surface area contributed by atoms with Gasteiger partial charge < -0.3 is 19.5 Å². The van der Waals surface area contributed by atoms with Gasteiger partial charge in [-0.15, -0.1) is 0 Å². The van der Waals surface area contributed by atoms with Gasteiger partial charge >= 0.3 is 5.97 Å². The zero-order chi connectivity index (χ0) is 16.0. The molecule has 0 radical (unpaired) electrons. The minimum Gasteiger partial charge on any atom is -0.480 e. The maximum atomic E-state index is 12.5. The maximum Gasteiger partial charge on any atom is 0.323 e. The van der Waals surface area contributed by atoms with Gasteiger partial charge in [-0.1, -0.05) is 0 Å². The molecule has 6 nitrogen and oxygen atoms in total. The molecule has 0 saturated carbocycles. The van der Waals surface area contributed by atoms with E-state index in [2.05, 4.69) is 0 Å². The van der Waals surface area contributed by atoms with Crippen LogP contribution in [-0.2, 0) is 11.3 Å². The fourth-order valence-electron chi connectivity index (χ4n) is 1.81. The van der Waals surface area contributed by atoms with Crippen molar-refractivity contribution in [1.29, 1.82) is 0 Å². The van der Waals surface area contributed by atoms with E-state index in [1.165, 1.54) is 18.3 Å². The second kappa shape index (κ2) is 7.72. The van der Waals surface area contributed by atoms with E-state index in [4.69, 9.17) is 5.11 Å². The highest BCUT2D eigenvalue weighted by atomic mass is 19.3. The Bertz CT molecular complexity index is 489. The van der Waals surface area contributed by atoms with E-state index < -0.39 is 31.4 Å². The van der Waals surface area contributed by atoms with E-state index in [0.29, 0.717) is 6.54 Å². The van der Waals surface area contributed by atoms with Crippen LogP contribution in [0.2, 0.25) is 0 Å². The van der Waals surface area contributed by atoms with Crippen LogP contribution in [0.15, 0.2) is 18.3 Å². The van der Waals surface area contributed by atoms with Crippen molar-refractivity contribution in [3.8, 4) is 0 Å². The number of carbonyl (C=O) groups is 2. The second-order valence-electron chi connectivity index (χ2n) is 4.86. The van der Waals surface area contributed by atoms with Crippen LogP contribution >= 0.6 is 0 Å². The van der Waals surface area contributed by atoms with Crippen molar-refractivity contribution in [3.05, 3.63) is 24.0 Å². The highest BCUT2D eigenvalue weighted by Gasteiger charge is 2.22. The molecule has 8 heteroatoms. The highest BCUT2D eigenvalue weighted by Crippen LogP contribution is 2.10. The van der Waals surface area contributed by atoms with Gasteiger partial charge in [-0.2, -0.15) is 0 Å². The number of amides is 1. The van der Waals surface area contributed by atoms with Crippen LogP contribution in [0.25, 0.3) is 0 Å². The van der Waals surface area contributed by atoms with Gasteiger partial charge in [-0.05, 0) is 26.2 Å². The molecule has 1 heterocycles. The van der Waals surface area contributed by atoms with E-state index in [1.54, 1.807) is 19.0 Å². The summed E-state index contributed by atoms with van der Waals surface area (Å²) in [6.07, 6.45) is -1.21. The summed E-state index contributed by atoms with van der Waals surface area (Å²) in [6, 6.07) is 2.90. The van der Waals surface area contributed by atoms with Crippen molar-refractivity contribution in [3.63, 3.8) is 0 Å². The Balaban J connectivity index is 2.88. The van der Waals surface area contributed by atoms with Crippen LogP contribution in [0.1, 0.15) is 10.5 Å². The molecule has 118 valence electrons. The molecule has 0 aromatic carbocycles. The summed E-state index contributed by atoms with van der Waals surface area (Å²) >= 11 is 0. The number of nitrogens with zero attached hydrogens (tertiary/aromatic N) is 3. The van der Waals surface area contributed by atoms with Gasteiger partial charge in [0.1, 0.15) is 12.2 Å². The lowest BCUT2D eigenvalue weighted by Crippen LogP contribution is -2.40. The average Bonchev–Trinajstić information content (AvgIpc) is 2.80. The summed E-state index contributed by atoms with van der Waals surface area (Å²) in [6.45, 7) is -0.373. The van der Waals surface area contributed by atoms with Gasteiger partial charge in [-0.3, -0.25) is 9.59 Å². The van der Waals surface area contributed by atoms with Crippen molar-refractivity contribution in [2.45, 2.75) is 13.0 Å². The predicted molar refractivity (Wildman–Crippen MR) is 72.5 cm³/mol. The molecular weight excluding hydrogens is 284 g/mol. The molecule has 0 bridgehead atoms. The first-order valence-electron chi connectivity index (χ1n) is 6.40. The van der Waals surface area contributed by atoms with Crippen LogP contribution < -0.4 is 0 Å². The number of alkyl halides is 2. The molecule has 0 aliphatic heterocycles. The van der Waals surface area contributed by atoms with Crippen LogP contribution in [0.4, 0.5) is 8.78 Å². The Morgan fingerprint density at radius 2 is 2.00 bits per heavy atom. The quantitative estimate of drug-likeness (QED) is 0.773. The molecule has 1 rings (SSSR count). The van der Waals surface area contributed by atoms with Crippen molar-refractivity contribution >= 4 is 11.9 Å². The van der Waals surface area contributed by atoms with Gasteiger partial charge in [0.15, 0.2) is 0 Å². The third kappa shape index (κ3) is 5.50. The smallest absolute Gasteiger partial charge is 0.323 e.